The number of rotatable bonds is 3. The van der Waals surface area contributed by atoms with Gasteiger partial charge in [0.2, 0.25) is 0 Å². The molecule has 1 N–H and O–H groups in total. The minimum absolute atomic E-state index is 0.0630. The highest BCUT2D eigenvalue weighted by Gasteiger charge is 2.28. The predicted octanol–water partition coefficient (Wildman–Crippen LogP) is 3.26. The van der Waals surface area contributed by atoms with Crippen molar-refractivity contribution in [1.29, 1.82) is 0 Å². The largest absolute Gasteiger partial charge is 0.355 e. The Bertz CT molecular complexity index is 1070. The molecule has 4 rings (SSSR count). The maximum Gasteiger partial charge on any atom is 0.270 e. The van der Waals surface area contributed by atoms with Crippen molar-refractivity contribution in [2.24, 2.45) is 7.05 Å². The van der Waals surface area contributed by atoms with Crippen molar-refractivity contribution in [2.45, 2.75) is 25.7 Å². The fraction of sp³-hybridized carbons (Fsp3) is 0.348. The first-order valence-corrected chi connectivity index (χ1v) is 10.0. The van der Waals surface area contributed by atoms with Crippen LogP contribution in [0.5, 0.6) is 0 Å². The number of carbonyl (C=O) groups excluding carboxylic acids is 2. The average molecular weight is 390 g/mol. The first kappa shape index (κ1) is 19.2. The summed E-state index contributed by atoms with van der Waals surface area (Å²) < 4.78 is 1.98. The van der Waals surface area contributed by atoms with Crippen molar-refractivity contribution in [3.05, 3.63) is 65.1 Å². The molecule has 0 radical (unpaired) electrons. The number of aryl methyl sites for hydroxylation is 2. The minimum atomic E-state index is -0.143. The second-order valence-electron chi connectivity index (χ2n) is 7.79. The van der Waals surface area contributed by atoms with Crippen molar-refractivity contribution >= 4 is 22.7 Å². The number of hydrogen-bond donors (Lipinski definition) is 1. The van der Waals surface area contributed by atoms with Crippen molar-refractivity contribution in [3.8, 4) is 0 Å². The van der Waals surface area contributed by atoms with Crippen LogP contribution < -0.4 is 5.32 Å². The predicted molar refractivity (Wildman–Crippen MR) is 113 cm³/mol. The number of nitrogens with zero attached hydrogens (tertiary/aromatic N) is 3. The van der Waals surface area contributed by atoms with Crippen molar-refractivity contribution in [3.63, 3.8) is 0 Å². The lowest BCUT2D eigenvalue weighted by atomic mass is 9.93. The molecule has 1 aliphatic heterocycles. The number of pyridine rings is 1. The third kappa shape index (κ3) is 3.62. The molecule has 150 valence electrons. The Balaban J connectivity index is 1.54. The molecule has 1 atom stereocenters. The number of aromatic nitrogens is 2. The number of benzene rings is 1. The Hall–Kier alpha value is -3.15. The molecule has 0 saturated carbocycles. The van der Waals surface area contributed by atoms with E-state index in [1.54, 1.807) is 19.3 Å². The zero-order valence-electron chi connectivity index (χ0n) is 17.1. The van der Waals surface area contributed by atoms with Gasteiger partial charge < -0.3 is 14.8 Å². The number of likely N-dealkylation sites (tertiary alicyclic amines) is 1. The molecule has 1 aliphatic rings. The molecule has 3 aromatic rings. The number of piperidine rings is 1. The number of nitrogens with one attached hydrogen (secondary N) is 1. The van der Waals surface area contributed by atoms with Crippen molar-refractivity contribution < 1.29 is 9.59 Å². The summed E-state index contributed by atoms with van der Waals surface area (Å²) in [5, 5.41) is 3.70. The quantitative estimate of drug-likeness (QED) is 0.746. The molecule has 3 heterocycles. The van der Waals surface area contributed by atoms with E-state index in [9.17, 15) is 9.59 Å². The molecular weight excluding hydrogens is 364 g/mol. The summed E-state index contributed by atoms with van der Waals surface area (Å²) in [5.74, 6) is 0.104. The maximum absolute atomic E-state index is 13.3. The number of hydrogen-bond acceptors (Lipinski definition) is 3. The Morgan fingerprint density at radius 3 is 2.72 bits per heavy atom. The van der Waals surface area contributed by atoms with Crippen LogP contribution in [-0.2, 0) is 7.05 Å². The van der Waals surface area contributed by atoms with Crippen LogP contribution in [0.25, 0.3) is 10.9 Å². The Morgan fingerprint density at radius 2 is 2.00 bits per heavy atom. The summed E-state index contributed by atoms with van der Waals surface area (Å²) in [6.07, 6.45) is 3.55. The van der Waals surface area contributed by atoms with Crippen LogP contribution in [0.1, 0.15) is 50.9 Å². The maximum atomic E-state index is 13.3. The molecule has 1 saturated heterocycles. The second-order valence-corrected chi connectivity index (χ2v) is 7.79. The third-order valence-corrected chi connectivity index (χ3v) is 5.82. The molecule has 0 unspecified atom stereocenters. The van der Waals surface area contributed by atoms with Gasteiger partial charge >= 0.3 is 0 Å². The molecule has 0 aliphatic carbocycles. The van der Waals surface area contributed by atoms with Crippen LogP contribution >= 0.6 is 0 Å². The van der Waals surface area contributed by atoms with Gasteiger partial charge in [-0.2, -0.15) is 0 Å². The molecular formula is C23H26N4O2. The second kappa shape index (κ2) is 7.70. The third-order valence-electron chi connectivity index (χ3n) is 5.82. The van der Waals surface area contributed by atoms with Crippen molar-refractivity contribution in [1.82, 2.24) is 19.8 Å². The molecule has 29 heavy (non-hydrogen) atoms. The summed E-state index contributed by atoms with van der Waals surface area (Å²) in [6.45, 7) is 3.46. The lowest BCUT2D eigenvalue weighted by molar-refractivity contribution is 0.0696. The normalized spacial score (nSPS) is 16.8. The van der Waals surface area contributed by atoms with Crippen LogP contribution in [0.3, 0.4) is 0 Å². The van der Waals surface area contributed by atoms with Gasteiger partial charge in [0, 0.05) is 55.9 Å². The van der Waals surface area contributed by atoms with E-state index < -0.39 is 0 Å². The molecule has 2 aromatic heterocycles. The molecule has 6 nitrogen and oxygen atoms in total. The molecule has 1 fully saturated rings. The highest BCUT2D eigenvalue weighted by Crippen LogP contribution is 2.28. The molecule has 0 spiro atoms. The van der Waals surface area contributed by atoms with Gasteiger partial charge in [-0.3, -0.25) is 14.6 Å². The molecule has 0 bridgehead atoms. The molecule has 6 heteroatoms. The van der Waals surface area contributed by atoms with Gasteiger partial charge in [-0.25, -0.2) is 0 Å². The lowest BCUT2D eigenvalue weighted by Gasteiger charge is -2.32. The van der Waals surface area contributed by atoms with Crippen molar-refractivity contribution in [2.75, 3.05) is 20.1 Å². The molecule has 1 aromatic carbocycles. The summed E-state index contributed by atoms with van der Waals surface area (Å²) in [6, 6.07) is 11.9. The summed E-state index contributed by atoms with van der Waals surface area (Å²) in [7, 11) is 3.56. The van der Waals surface area contributed by atoms with E-state index in [0.29, 0.717) is 17.8 Å². The lowest BCUT2D eigenvalue weighted by Crippen LogP contribution is -2.40. The number of carbonyl (C=O) groups is 2. The van der Waals surface area contributed by atoms with Crippen LogP contribution in [0.15, 0.2) is 42.6 Å². The summed E-state index contributed by atoms with van der Waals surface area (Å²) in [4.78, 5) is 31.4. The zero-order valence-corrected chi connectivity index (χ0v) is 17.1. The first-order valence-electron chi connectivity index (χ1n) is 10.0. The van der Waals surface area contributed by atoms with E-state index in [4.69, 9.17) is 0 Å². The van der Waals surface area contributed by atoms with Gasteiger partial charge in [0.1, 0.15) is 5.69 Å². The van der Waals surface area contributed by atoms with E-state index in [2.05, 4.69) is 35.4 Å². The van der Waals surface area contributed by atoms with Gasteiger partial charge in [0.15, 0.2) is 0 Å². The fourth-order valence-corrected chi connectivity index (χ4v) is 4.16. The Labute approximate surface area is 170 Å². The van der Waals surface area contributed by atoms with Gasteiger partial charge in [-0.1, -0.05) is 11.6 Å². The van der Waals surface area contributed by atoms with E-state index >= 15 is 0 Å². The van der Waals surface area contributed by atoms with Gasteiger partial charge in [0.05, 0.1) is 5.56 Å². The standard InChI is InChI=1S/C23H26N4O2/c1-15-6-9-20-18(11-15)12-21(26(20)3)23(29)27-10-4-5-17(14-27)19-8-7-16(13-25-19)22(28)24-2/h6-9,11-13,17H,4-5,10,14H2,1-3H3,(H,24,28)/t17-/m0/s1. The van der Waals surface area contributed by atoms with Gasteiger partial charge in [0.25, 0.3) is 11.8 Å². The number of fused-ring (bicyclic) bond motifs is 1. The highest BCUT2D eigenvalue weighted by molar-refractivity contribution is 5.99. The SMILES string of the molecule is CNC(=O)c1ccc([C@H]2CCCN(C(=O)c3cc4cc(C)ccc4n3C)C2)nc1. The smallest absolute Gasteiger partial charge is 0.270 e. The van der Waals surface area contributed by atoms with Gasteiger partial charge in [-0.15, -0.1) is 0 Å². The van der Waals surface area contributed by atoms with E-state index in [-0.39, 0.29) is 17.7 Å². The van der Waals surface area contributed by atoms with Crippen LogP contribution in [0, 0.1) is 6.92 Å². The van der Waals surface area contributed by atoms with Gasteiger partial charge in [-0.05, 0) is 50.1 Å². The Morgan fingerprint density at radius 1 is 1.17 bits per heavy atom. The van der Waals surface area contributed by atoms with Crippen LogP contribution in [0.4, 0.5) is 0 Å². The van der Waals surface area contributed by atoms with E-state index in [0.717, 1.165) is 36.0 Å². The van der Waals surface area contributed by atoms with E-state index in [1.807, 2.05) is 28.6 Å². The zero-order chi connectivity index (χ0) is 20.5. The first-order chi connectivity index (χ1) is 14.0. The topological polar surface area (TPSA) is 67.2 Å². The van der Waals surface area contributed by atoms with Crippen LogP contribution in [0.2, 0.25) is 0 Å². The average Bonchev–Trinajstić information content (AvgIpc) is 3.08. The Kier molecular flexibility index (Phi) is 5.09. The highest BCUT2D eigenvalue weighted by atomic mass is 16.2. The summed E-state index contributed by atoms with van der Waals surface area (Å²) >= 11 is 0. The fourth-order valence-electron chi connectivity index (χ4n) is 4.16. The molecule has 2 amide bonds. The monoisotopic (exact) mass is 390 g/mol. The van der Waals surface area contributed by atoms with Crippen LogP contribution in [-0.4, -0.2) is 46.4 Å². The minimum Gasteiger partial charge on any atom is -0.355 e. The number of amides is 2. The summed E-state index contributed by atoms with van der Waals surface area (Å²) in [5.41, 5.74) is 4.45. The van der Waals surface area contributed by atoms with E-state index in [1.165, 1.54) is 5.56 Å².